The van der Waals surface area contributed by atoms with E-state index in [1.807, 2.05) is 25.1 Å². The summed E-state index contributed by atoms with van der Waals surface area (Å²) in [5.74, 6) is -0.0795. The average Bonchev–Trinajstić information content (AvgIpc) is 2.49. The van der Waals surface area contributed by atoms with E-state index in [4.69, 9.17) is 0 Å². The van der Waals surface area contributed by atoms with Crippen molar-refractivity contribution in [2.75, 3.05) is 0 Å². The van der Waals surface area contributed by atoms with E-state index >= 15 is 0 Å². The van der Waals surface area contributed by atoms with Crippen LogP contribution in [0.15, 0.2) is 29.4 Å². The van der Waals surface area contributed by atoms with Crippen LogP contribution < -0.4 is 5.32 Å². The van der Waals surface area contributed by atoms with Crippen molar-refractivity contribution in [2.45, 2.75) is 54.8 Å². The largest absolute Gasteiger partial charge is 0.337 e. The molecule has 20 heavy (non-hydrogen) atoms. The van der Waals surface area contributed by atoms with Gasteiger partial charge in [0.25, 0.3) is 0 Å². The summed E-state index contributed by atoms with van der Waals surface area (Å²) in [5.41, 5.74) is -0.658. The number of aromatic nitrogens is 1. The highest BCUT2D eigenvalue weighted by Crippen LogP contribution is 2.29. The van der Waals surface area contributed by atoms with E-state index in [9.17, 15) is 10.1 Å². The standard InChI is InChI=1S/C15H19N3OS/c1-12(20-13-7-3-6-10-17-13)14(19)18-15(11-16)8-4-2-5-9-15/h3,6-7,10,12H,2,4-5,8-9H2,1H3,(H,18,19)/t12-/m1/s1. The molecule has 0 aromatic carbocycles. The summed E-state index contributed by atoms with van der Waals surface area (Å²) < 4.78 is 0. The fourth-order valence-electron chi connectivity index (χ4n) is 2.41. The second-order valence-electron chi connectivity index (χ2n) is 5.17. The van der Waals surface area contributed by atoms with Crippen molar-refractivity contribution in [1.82, 2.24) is 10.3 Å². The third kappa shape index (κ3) is 3.73. The van der Waals surface area contributed by atoms with Crippen LogP contribution in [0.5, 0.6) is 0 Å². The van der Waals surface area contributed by atoms with Crippen molar-refractivity contribution in [3.05, 3.63) is 24.4 Å². The Morgan fingerprint density at radius 3 is 2.80 bits per heavy atom. The smallest absolute Gasteiger partial charge is 0.234 e. The van der Waals surface area contributed by atoms with Gasteiger partial charge in [0.2, 0.25) is 5.91 Å². The number of amides is 1. The summed E-state index contributed by atoms with van der Waals surface area (Å²) in [6.07, 6.45) is 6.40. The predicted molar refractivity (Wildman–Crippen MR) is 79.1 cm³/mol. The van der Waals surface area contributed by atoms with Gasteiger partial charge in [0.1, 0.15) is 5.54 Å². The summed E-state index contributed by atoms with van der Waals surface area (Å²) in [5, 5.41) is 12.9. The zero-order valence-electron chi connectivity index (χ0n) is 11.6. The molecular weight excluding hydrogens is 270 g/mol. The molecule has 1 aromatic rings. The van der Waals surface area contributed by atoms with Gasteiger partial charge in [-0.3, -0.25) is 4.79 Å². The van der Waals surface area contributed by atoms with Crippen molar-refractivity contribution in [3.63, 3.8) is 0 Å². The van der Waals surface area contributed by atoms with Crippen LogP contribution in [0.25, 0.3) is 0 Å². The van der Waals surface area contributed by atoms with Gasteiger partial charge in [-0.15, -0.1) is 0 Å². The minimum absolute atomic E-state index is 0.0795. The molecule has 0 bridgehead atoms. The molecule has 5 heteroatoms. The fourth-order valence-corrected chi connectivity index (χ4v) is 3.22. The van der Waals surface area contributed by atoms with Crippen molar-refractivity contribution >= 4 is 17.7 Å². The highest BCUT2D eigenvalue weighted by Gasteiger charge is 2.34. The monoisotopic (exact) mass is 289 g/mol. The first kappa shape index (κ1) is 14.9. The van der Waals surface area contributed by atoms with Gasteiger partial charge in [-0.1, -0.05) is 37.1 Å². The van der Waals surface area contributed by atoms with E-state index in [0.29, 0.717) is 0 Å². The number of carbonyl (C=O) groups excluding carboxylic acids is 1. The lowest BCUT2D eigenvalue weighted by atomic mass is 9.83. The van der Waals surface area contributed by atoms with E-state index in [-0.39, 0.29) is 11.2 Å². The lowest BCUT2D eigenvalue weighted by Crippen LogP contribution is -2.50. The molecule has 2 rings (SSSR count). The molecule has 1 aromatic heterocycles. The first-order chi connectivity index (χ1) is 9.65. The molecule has 1 aliphatic carbocycles. The number of hydrogen-bond acceptors (Lipinski definition) is 4. The van der Waals surface area contributed by atoms with Gasteiger partial charge in [0.05, 0.1) is 16.3 Å². The second kappa shape index (κ2) is 6.76. The SMILES string of the molecule is C[C@@H](Sc1ccccn1)C(=O)NC1(C#N)CCCCC1. The third-order valence-corrected chi connectivity index (χ3v) is 4.64. The zero-order valence-corrected chi connectivity index (χ0v) is 12.4. The van der Waals surface area contributed by atoms with E-state index in [0.717, 1.165) is 37.1 Å². The van der Waals surface area contributed by atoms with Crippen molar-refractivity contribution in [3.8, 4) is 6.07 Å². The molecule has 1 saturated carbocycles. The first-order valence-electron chi connectivity index (χ1n) is 6.96. The number of pyridine rings is 1. The molecule has 1 aliphatic rings. The Morgan fingerprint density at radius 1 is 1.45 bits per heavy atom. The van der Waals surface area contributed by atoms with Gasteiger partial charge in [-0.25, -0.2) is 4.98 Å². The molecule has 0 radical (unpaired) electrons. The van der Waals surface area contributed by atoms with Crippen LogP contribution in [0.1, 0.15) is 39.0 Å². The van der Waals surface area contributed by atoms with Crippen molar-refractivity contribution in [1.29, 1.82) is 5.26 Å². The van der Waals surface area contributed by atoms with E-state index in [2.05, 4.69) is 16.4 Å². The van der Waals surface area contributed by atoms with Gasteiger partial charge >= 0.3 is 0 Å². The number of nitrogens with zero attached hydrogens (tertiary/aromatic N) is 2. The highest BCUT2D eigenvalue weighted by atomic mass is 32.2. The van der Waals surface area contributed by atoms with Gasteiger partial charge in [0.15, 0.2) is 0 Å². The average molecular weight is 289 g/mol. The summed E-state index contributed by atoms with van der Waals surface area (Å²) in [6, 6.07) is 7.94. The lowest BCUT2D eigenvalue weighted by molar-refractivity contribution is -0.121. The maximum atomic E-state index is 12.3. The summed E-state index contributed by atoms with van der Waals surface area (Å²) >= 11 is 1.42. The zero-order chi connectivity index (χ0) is 14.4. The van der Waals surface area contributed by atoms with Crippen molar-refractivity contribution in [2.24, 2.45) is 0 Å². The maximum Gasteiger partial charge on any atom is 0.234 e. The molecule has 4 nitrogen and oxygen atoms in total. The van der Waals surface area contributed by atoms with E-state index < -0.39 is 5.54 Å². The number of hydrogen-bond donors (Lipinski definition) is 1. The summed E-state index contributed by atoms with van der Waals surface area (Å²) in [4.78, 5) is 16.5. The molecular formula is C15H19N3OS. The molecule has 0 unspecified atom stereocenters. The Bertz CT molecular complexity index is 492. The molecule has 1 amide bonds. The molecule has 1 heterocycles. The summed E-state index contributed by atoms with van der Waals surface area (Å²) in [6.45, 7) is 1.85. The topological polar surface area (TPSA) is 65.8 Å². The molecule has 0 saturated heterocycles. The second-order valence-corrected chi connectivity index (χ2v) is 6.53. The first-order valence-corrected chi connectivity index (χ1v) is 7.84. The molecule has 0 aliphatic heterocycles. The van der Waals surface area contributed by atoms with Gasteiger partial charge in [-0.2, -0.15) is 5.26 Å². The Balaban J connectivity index is 1.95. The Kier molecular flexibility index (Phi) is 5.02. The number of nitriles is 1. The molecule has 1 atom stereocenters. The number of rotatable bonds is 4. The lowest BCUT2D eigenvalue weighted by Gasteiger charge is -2.32. The normalized spacial score (nSPS) is 18.8. The Morgan fingerprint density at radius 2 is 2.20 bits per heavy atom. The molecule has 0 spiro atoms. The minimum Gasteiger partial charge on any atom is -0.337 e. The Hall–Kier alpha value is -1.54. The van der Waals surface area contributed by atoms with Crippen LogP contribution >= 0.6 is 11.8 Å². The predicted octanol–water partition coefficient (Wildman–Crippen LogP) is 2.90. The maximum absolute atomic E-state index is 12.3. The highest BCUT2D eigenvalue weighted by molar-refractivity contribution is 8.00. The van der Waals surface area contributed by atoms with Gasteiger partial charge in [0, 0.05) is 6.20 Å². The van der Waals surface area contributed by atoms with E-state index in [1.54, 1.807) is 6.20 Å². The third-order valence-electron chi connectivity index (χ3n) is 3.59. The van der Waals surface area contributed by atoms with Gasteiger partial charge in [-0.05, 0) is 31.9 Å². The number of thioether (sulfide) groups is 1. The minimum atomic E-state index is -0.658. The fraction of sp³-hybridized carbons (Fsp3) is 0.533. The van der Waals surface area contributed by atoms with Crippen LogP contribution in [-0.4, -0.2) is 21.7 Å². The van der Waals surface area contributed by atoms with Crippen LogP contribution in [-0.2, 0) is 4.79 Å². The van der Waals surface area contributed by atoms with Crippen LogP contribution in [0.3, 0.4) is 0 Å². The molecule has 106 valence electrons. The quantitative estimate of drug-likeness (QED) is 0.866. The molecule has 1 N–H and O–H groups in total. The van der Waals surface area contributed by atoms with Crippen molar-refractivity contribution < 1.29 is 4.79 Å². The van der Waals surface area contributed by atoms with Crippen LogP contribution in [0.2, 0.25) is 0 Å². The number of carbonyl (C=O) groups is 1. The number of nitrogens with one attached hydrogen (secondary N) is 1. The Labute approximate surface area is 124 Å². The summed E-state index contributed by atoms with van der Waals surface area (Å²) in [7, 11) is 0. The van der Waals surface area contributed by atoms with E-state index in [1.165, 1.54) is 11.8 Å². The van der Waals surface area contributed by atoms with Crippen LogP contribution in [0.4, 0.5) is 0 Å². The van der Waals surface area contributed by atoms with Crippen LogP contribution in [0, 0.1) is 11.3 Å². The molecule has 1 fully saturated rings. The van der Waals surface area contributed by atoms with Gasteiger partial charge < -0.3 is 5.32 Å².